The van der Waals surface area contributed by atoms with Crippen molar-refractivity contribution in [1.82, 2.24) is 28.8 Å². The maximum atomic E-state index is 12.8. The van der Waals surface area contributed by atoms with Gasteiger partial charge >= 0.3 is 23.9 Å². The Morgan fingerprint density at radius 2 is 0.901 bits per heavy atom. The summed E-state index contributed by atoms with van der Waals surface area (Å²) in [5, 5.41) is 27.5. The lowest BCUT2D eigenvalue weighted by Gasteiger charge is -2.09. The quantitative estimate of drug-likeness (QED) is 0.0483. The van der Waals surface area contributed by atoms with Crippen molar-refractivity contribution in [3.63, 3.8) is 0 Å². The predicted molar refractivity (Wildman–Crippen MR) is 311 cm³/mol. The topological polar surface area (TPSA) is 295 Å². The van der Waals surface area contributed by atoms with Crippen molar-refractivity contribution in [2.75, 3.05) is 37.7 Å². The molecule has 10 rings (SSSR count). The summed E-state index contributed by atoms with van der Waals surface area (Å²) in [6, 6.07) is 30.4. The molecule has 0 aliphatic carbocycles. The highest BCUT2D eigenvalue weighted by molar-refractivity contribution is 9.11. The minimum atomic E-state index is -0.935. The van der Waals surface area contributed by atoms with E-state index in [0.717, 1.165) is 31.1 Å². The standard InChI is InChI=1S/C23H17ClN4O4.C16H11BrClN3O3.C8H5BrN2O2.C8H8ClNO2/c1-32-23(31)17-11-16(6-7-19(17)24)27-22(30)15-8-9-28-20(10-15)18(12-26-28)13-2-4-14(5-3-13)21(25)29;1-24-16(23)11-7-10(2-3-13(11)18)20-15(22)9-4-5-21-14(6-9)12(17)8-19-21;9-6-4-10-11-2-1-5(8(12)13)3-7(6)11;1-12-8(11)6-4-5(10)2-3-7(6)9/h2-12H,1H3,(H2,25,29)(H,27,30);2-8H,1H3,(H,20,22);1-4H,(H,12,13);2-4H,10H2,1H3. The van der Waals surface area contributed by atoms with E-state index >= 15 is 0 Å². The summed E-state index contributed by atoms with van der Waals surface area (Å²) >= 11 is 24.4. The van der Waals surface area contributed by atoms with Crippen molar-refractivity contribution in [3.8, 4) is 11.1 Å². The van der Waals surface area contributed by atoms with Gasteiger partial charge in [0.1, 0.15) is 0 Å². The first-order valence-corrected chi connectivity index (χ1v) is 25.8. The average molecular weight is 1280 g/mol. The first-order valence-electron chi connectivity index (χ1n) is 23.1. The number of carboxylic acid groups (broad SMARTS) is 1. The summed E-state index contributed by atoms with van der Waals surface area (Å²) < 4.78 is 20.3. The van der Waals surface area contributed by atoms with Crippen LogP contribution in [0.25, 0.3) is 27.7 Å². The lowest BCUT2D eigenvalue weighted by atomic mass is 10.0. The molecule has 0 spiro atoms. The molecule has 0 aliphatic rings. The summed E-state index contributed by atoms with van der Waals surface area (Å²) in [4.78, 5) is 81.7. The summed E-state index contributed by atoms with van der Waals surface area (Å²) in [6.07, 6.45) is 9.94. The predicted octanol–water partition coefficient (Wildman–Crippen LogP) is 11.1. The van der Waals surface area contributed by atoms with E-state index in [0.29, 0.717) is 49.9 Å². The first kappa shape index (κ1) is 59.5. The number of aromatic carboxylic acids is 1. The summed E-state index contributed by atoms with van der Waals surface area (Å²) in [5.41, 5.74) is 18.1. The molecule has 412 valence electrons. The third kappa shape index (κ3) is 14.6. The Kier molecular flexibility index (Phi) is 19.6. The van der Waals surface area contributed by atoms with Crippen molar-refractivity contribution in [2.45, 2.75) is 0 Å². The minimum absolute atomic E-state index is 0.153. The number of carbonyl (C=O) groups excluding carboxylic acids is 6. The third-order valence-electron chi connectivity index (χ3n) is 11.4. The van der Waals surface area contributed by atoms with Gasteiger partial charge in [-0.2, -0.15) is 15.3 Å². The number of nitrogens with zero attached hydrogens (tertiary/aromatic N) is 6. The van der Waals surface area contributed by atoms with Crippen LogP contribution < -0.4 is 22.1 Å². The maximum Gasteiger partial charge on any atom is 0.339 e. The van der Waals surface area contributed by atoms with E-state index in [-0.39, 0.29) is 38.5 Å². The number of halogens is 5. The van der Waals surface area contributed by atoms with Crippen molar-refractivity contribution >= 4 is 142 Å². The number of fused-ring (bicyclic) bond motifs is 3. The fourth-order valence-electron chi connectivity index (χ4n) is 7.29. The number of rotatable bonds is 10. The van der Waals surface area contributed by atoms with Gasteiger partial charge in [-0.3, -0.25) is 14.4 Å². The van der Waals surface area contributed by atoms with Gasteiger partial charge in [0, 0.05) is 57.9 Å². The Morgan fingerprint density at radius 3 is 1.35 bits per heavy atom. The Bertz CT molecular complexity index is 4080. The van der Waals surface area contributed by atoms with Crippen molar-refractivity contribution in [2.24, 2.45) is 5.73 Å². The van der Waals surface area contributed by atoms with Gasteiger partial charge < -0.3 is 41.4 Å². The first-order chi connectivity index (χ1) is 38.7. The van der Waals surface area contributed by atoms with E-state index in [2.05, 4.69) is 67.3 Å². The Morgan fingerprint density at radius 1 is 0.506 bits per heavy atom. The Labute approximate surface area is 490 Å². The van der Waals surface area contributed by atoms with E-state index in [9.17, 15) is 33.6 Å². The fraction of sp³-hybridized carbons (Fsp3) is 0.0545. The van der Waals surface area contributed by atoms with Crippen LogP contribution in [0.2, 0.25) is 15.1 Å². The number of anilines is 3. The number of ether oxygens (including phenoxy) is 3. The zero-order valence-corrected chi connectivity index (χ0v) is 47.6. The van der Waals surface area contributed by atoms with E-state index in [4.69, 9.17) is 56.1 Å². The number of esters is 3. The number of nitrogen functional groups attached to an aromatic ring is 1. The molecule has 3 amide bonds. The lowest BCUT2D eigenvalue weighted by Crippen LogP contribution is -2.13. The molecule has 0 bridgehead atoms. The molecule has 6 heterocycles. The van der Waals surface area contributed by atoms with Gasteiger partial charge in [-0.1, -0.05) is 46.9 Å². The van der Waals surface area contributed by atoms with Crippen molar-refractivity contribution in [3.05, 3.63) is 215 Å². The number of nitrogens with two attached hydrogens (primary N) is 2. The highest BCUT2D eigenvalue weighted by atomic mass is 79.9. The van der Waals surface area contributed by atoms with E-state index in [1.807, 2.05) is 0 Å². The third-order valence-corrected chi connectivity index (χ3v) is 13.6. The second kappa shape index (κ2) is 26.7. The van der Waals surface area contributed by atoms with Gasteiger partial charge in [-0.15, -0.1) is 0 Å². The molecule has 4 aromatic carbocycles. The SMILES string of the molecule is COC(=O)c1cc(N)ccc1Cl.COC(=O)c1cc(NC(=O)c2ccn3ncc(-c4ccc(C(N)=O)cc4)c3c2)ccc1Cl.COC(=O)c1cc(NC(=O)c2ccn3ncc(Br)c3c2)ccc1Cl.O=C(O)c1ccn2ncc(Br)c2c1. The number of carbonyl (C=O) groups is 7. The molecule has 0 saturated heterocycles. The molecule has 0 unspecified atom stereocenters. The second-order valence-electron chi connectivity index (χ2n) is 16.5. The van der Waals surface area contributed by atoms with E-state index in [1.165, 1.54) is 57.7 Å². The highest BCUT2D eigenvalue weighted by Crippen LogP contribution is 2.28. The summed E-state index contributed by atoms with van der Waals surface area (Å²) in [6.45, 7) is 0. The Hall–Kier alpha value is -9.13. The molecule has 21 nitrogen and oxygen atoms in total. The number of amides is 3. The van der Waals surface area contributed by atoms with E-state index in [1.54, 1.807) is 130 Å². The molecule has 0 saturated carbocycles. The van der Waals surface area contributed by atoms with Gasteiger partial charge in [0.15, 0.2) is 0 Å². The van der Waals surface area contributed by atoms with Gasteiger partial charge in [-0.05, 0) is 141 Å². The van der Waals surface area contributed by atoms with Crippen LogP contribution in [0.1, 0.15) is 72.5 Å². The maximum absolute atomic E-state index is 12.8. The number of hydrogen-bond acceptors (Lipinski definition) is 14. The Balaban J connectivity index is 0.000000169. The monoisotopic (exact) mass is 1280 g/mol. The zero-order chi connectivity index (χ0) is 58.7. The van der Waals surface area contributed by atoms with Crippen LogP contribution in [0.15, 0.2) is 161 Å². The van der Waals surface area contributed by atoms with Crippen LogP contribution >= 0.6 is 66.7 Å². The van der Waals surface area contributed by atoms with Gasteiger partial charge in [0.25, 0.3) is 11.8 Å². The number of nitrogens with one attached hydrogen (secondary N) is 2. The van der Waals surface area contributed by atoms with Gasteiger partial charge in [-0.25, -0.2) is 32.7 Å². The number of pyridine rings is 3. The summed E-state index contributed by atoms with van der Waals surface area (Å²) in [5.74, 6) is -3.78. The number of aromatic nitrogens is 6. The van der Waals surface area contributed by atoms with Crippen molar-refractivity contribution in [1.29, 1.82) is 0 Å². The molecule has 0 aliphatic heterocycles. The zero-order valence-electron chi connectivity index (χ0n) is 42.2. The average Bonchev–Trinajstić information content (AvgIpc) is 4.36. The molecule has 6 aromatic heterocycles. The minimum Gasteiger partial charge on any atom is -0.478 e. The van der Waals surface area contributed by atoms with Crippen LogP contribution in [-0.2, 0) is 14.2 Å². The molecule has 0 atom stereocenters. The molecule has 10 aromatic rings. The lowest BCUT2D eigenvalue weighted by molar-refractivity contribution is 0.0592. The number of methoxy groups -OCH3 is 3. The molecule has 7 N–H and O–H groups in total. The summed E-state index contributed by atoms with van der Waals surface area (Å²) in [7, 11) is 3.81. The number of benzene rings is 4. The molecule has 26 heteroatoms. The molecule has 81 heavy (non-hydrogen) atoms. The molecular weight excluding hydrogens is 1240 g/mol. The number of carboxylic acids is 1. The van der Waals surface area contributed by atoms with Crippen molar-refractivity contribution < 1.29 is 52.9 Å². The van der Waals surface area contributed by atoms with Gasteiger partial charge in [0.2, 0.25) is 5.91 Å². The number of hydrogen-bond donors (Lipinski definition) is 5. The van der Waals surface area contributed by atoms with Crippen LogP contribution in [-0.4, -0.2) is 96.9 Å². The van der Waals surface area contributed by atoms with Crippen LogP contribution in [0.3, 0.4) is 0 Å². The van der Waals surface area contributed by atoms with Crippen LogP contribution in [0, 0.1) is 0 Å². The molecular formula is C55H41Br2Cl3N10O11. The number of primary amides is 1. The van der Waals surface area contributed by atoms with Gasteiger partial charge in [0.05, 0.1) is 103 Å². The largest absolute Gasteiger partial charge is 0.478 e. The molecule has 0 fully saturated rings. The van der Waals surface area contributed by atoms with Crippen LogP contribution in [0.4, 0.5) is 17.1 Å². The van der Waals surface area contributed by atoms with Crippen LogP contribution in [0.5, 0.6) is 0 Å². The molecule has 0 radical (unpaired) electrons. The highest BCUT2D eigenvalue weighted by Gasteiger charge is 2.18. The second-order valence-corrected chi connectivity index (χ2v) is 19.5. The normalized spacial score (nSPS) is 10.5. The fourth-order valence-corrected chi connectivity index (χ4v) is 8.65. The smallest absolute Gasteiger partial charge is 0.339 e. The van der Waals surface area contributed by atoms with E-state index < -0.39 is 29.8 Å².